The number of hydrogen-bond donors (Lipinski definition) is 0. The molecule has 5 atom stereocenters. The zero-order chi connectivity index (χ0) is 19.8. The van der Waals surface area contributed by atoms with Gasteiger partial charge < -0.3 is 18.9 Å². The number of benzene rings is 2. The highest BCUT2D eigenvalue weighted by molar-refractivity contribution is 5.16. The van der Waals surface area contributed by atoms with Gasteiger partial charge in [0.15, 0.2) is 12.1 Å². The van der Waals surface area contributed by atoms with Crippen LogP contribution in [0, 0.1) is 0 Å². The van der Waals surface area contributed by atoms with Gasteiger partial charge in [0.25, 0.3) is 0 Å². The van der Waals surface area contributed by atoms with E-state index in [4.69, 9.17) is 18.9 Å². The van der Waals surface area contributed by atoms with Crippen molar-refractivity contribution in [3.63, 3.8) is 0 Å². The lowest BCUT2D eigenvalue weighted by atomic mass is 9.92. The third kappa shape index (κ3) is 3.98. The van der Waals surface area contributed by atoms with Crippen LogP contribution in [-0.2, 0) is 32.1 Å². The summed E-state index contributed by atoms with van der Waals surface area (Å²) in [5, 5.41) is 0. The predicted molar refractivity (Wildman–Crippen MR) is 109 cm³/mol. The van der Waals surface area contributed by atoms with Crippen molar-refractivity contribution >= 4 is 0 Å². The lowest BCUT2D eigenvalue weighted by molar-refractivity contribution is -0.232. The van der Waals surface area contributed by atoms with E-state index in [2.05, 4.69) is 47.4 Å². The van der Waals surface area contributed by atoms with Gasteiger partial charge in [-0.25, -0.2) is 0 Å². The van der Waals surface area contributed by atoms with E-state index in [9.17, 15) is 0 Å². The normalized spacial score (nSPS) is 33.4. The highest BCUT2D eigenvalue weighted by atomic mass is 16.8. The van der Waals surface area contributed by atoms with Crippen molar-refractivity contribution in [1.82, 2.24) is 4.90 Å². The predicted octanol–water partition coefficient (Wildman–Crippen LogP) is 3.72. The van der Waals surface area contributed by atoms with Crippen LogP contribution >= 0.6 is 0 Å². The van der Waals surface area contributed by atoms with E-state index < -0.39 is 5.79 Å². The summed E-state index contributed by atoms with van der Waals surface area (Å²) in [4.78, 5) is 2.48. The molecule has 0 aliphatic carbocycles. The zero-order valence-corrected chi connectivity index (χ0v) is 17.1. The van der Waals surface area contributed by atoms with E-state index >= 15 is 0 Å². The van der Waals surface area contributed by atoms with Crippen molar-refractivity contribution in [1.29, 1.82) is 0 Å². The summed E-state index contributed by atoms with van der Waals surface area (Å²) in [6.07, 6.45) is 0.339. The molecule has 5 heteroatoms. The fourth-order valence-electron chi connectivity index (χ4n) is 4.62. The topological polar surface area (TPSA) is 40.2 Å². The Morgan fingerprint density at radius 2 is 1.62 bits per heavy atom. The zero-order valence-electron chi connectivity index (χ0n) is 17.1. The van der Waals surface area contributed by atoms with Gasteiger partial charge >= 0.3 is 0 Å². The molecule has 3 aliphatic heterocycles. The van der Waals surface area contributed by atoms with Crippen LogP contribution in [0.25, 0.3) is 0 Å². The number of ether oxygens (including phenoxy) is 4. The molecule has 3 heterocycles. The van der Waals surface area contributed by atoms with Gasteiger partial charge in [-0.3, -0.25) is 4.90 Å². The molecule has 0 unspecified atom stereocenters. The largest absolute Gasteiger partial charge is 0.368 e. The average Bonchev–Trinajstić information content (AvgIpc) is 3.17. The number of fused-ring (bicyclic) bond motifs is 1. The summed E-state index contributed by atoms with van der Waals surface area (Å²) in [6, 6.07) is 21.2. The van der Waals surface area contributed by atoms with Crippen molar-refractivity contribution in [3.8, 4) is 0 Å². The summed E-state index contributed by atoms with van der Waals surface area (Å²) < 4.78 is 25.0. The molecule has 0 spiro atoms. The number of nitrogens with zero attached hydrogens (tertiary/aromatic N) is 1. The van der Waals surface area contributed by atoms with Crippen molar-refractivity contribution in [2.75, 3.05) is 6.54 Å². The maximum Gasteiger partial charge on any atom is 0.190 e. The number of likely N-dealkylation sites (tertiary alicyclic amines) is 1. The molecule has 2 aromatic carbocycles. The van der Waals surface area contributed by atoms with Crippen molar-refractivity contribution < 1.29 is 18.9 Å². The minimum absolute atomic E-state index is 0.0534. The van der Waals surface area contributed by atoms with Gasteiger partial charge in [-0.1, -0.05) is 60.7 Å². The molecule has 154 valence electrons. The smallest absolute Gasteiger partial charge is 0.190 e. The monoisotopic (exact) mass is 395 g/mol. The first kappa shape index (κ1) is 19.2. The first-order valence-electron chi connectivity index (χ1n) is 10.5. The SMILES string of the molecule is CC1(C)O[C@H]2O[C@H]([C@H]3CCN3Cc3ccccc3)[C@H](OCc3ccccc3)[C@H]2O1. The average molecular weight is 395 g/mol. The lowest BCUT2D eigenvalue weighted by Gasteiger charge is -2.45. The molecular weight excluding hydrogens is 366 g/mol. The van der Waals surface area contributed by atoms with Crippen molar-refractivity contribution in [2.45, 2.75) is 69.9 Å². The quantitative estimate of drug-likeness (QED) is 0.746. The number of rotatable bonds is 6. The third-order valence-corrected chi connectivity index (χ3v) is 6.10. The molecule has 5 nitrogen and oxygen atoms in total. The summed E-state index contributed by atoms with van der Waals surface area (Å²) in [7, 11) is 0. The second-order valence-electron chi connectivity index (χ2n) is 8.64. The van der Waals surface area contributed by atoms with Crippen LogP contribution in [0.3, 0.4) is 0 Å². The van der Waals surface area contributed by atoms with Crippen LogP contribution in [0.15, 0.2) is 60.7 Å². The Hall–Kier alpha value is -1.76. The van der Waals surface area contributed by atoms with E-state index in [-0.39, 0.29) is 24.6 Å². The molecule has 5 rings (SSSR count). The molecule has 0 saturated carbocycles. The van der Waals surface area contributed by atoms with Crippen LogP contribution in [0.4, 0.5) is 0 Å². The Morgan fingerprint density at radius 3 is 2.28 bits per heavy atom. The van der Waals surface area contributed by atoms with Crippen LogP contribution < -0.4 is 0 Å². The Labute approximate surface area is 172 Å². The Kier molecular flexibility index (Phi) is 5.18. The maximum atomic E-state index is 6.41. The van der Waals surface area contributed by atoms with Crippen LogP contribution in [-0.4, -0.2) is 47.9 Å². The molecule has 0 bridgehead atoms. The Balaban J connectivity index is 1.31. The minimum atomic E-state index is -0.641. The Morgan fingerprint density at radius 1 is 0.931 bits per heavy atom. The molecule has 3 saturated heterocycles. The Bertz CT molecular complexity index is 812. The molecule has 0 radical (unpaired) electrons. The van der Waals surface area contributed by atoms with Gasteiger partial charge in [-0.2, -0.15) is 0 Å². The van der Waals surface area contributed by atoms with Crippen LogP contribution in [0.5, 0.6) is 0 Å². The maximum absolute atomic E-state index is 6.41. The van der Waals surface area contributed by atoms with Crippen LogP contribution in [0.2, 0.25) is 0 Å². The van der Waals surface area contributed by atoms with Gasteiger partial charge in [-0.05, 0) is 31.4 Å². The third-order valence-electron chi connectivity index (χ3n) is 6.10. The molecule has 2 aromatic rings. The molecular formula is C24H29NO4. The molecule has 3 fully saturated rings. The standard InChI is InChI=1S/C24H29NO4/c1-24(2)28-22-21(26-16-18-11-7-4-8-12-18)20(27-23(22)29-24)19-13-14-25(19)15-17-9-5-3-6-10-17/h3-12,19-23H,13-16H2,1-2H3/t19-,20-,21+,22-,23-/m1/s1. The highest BCUT2D eigenvalue weighted by Crippen LogP contribution is 2.42. The summed E-state index contributed by atoms with van der Waals surface area (Å²) in [5.74, 6) is -0.641. The summed E-state index contributed by atoms with van der Waals surface area (Å²) in [6.45, 7) is 6.42. The van der Waals surface area contributed by atoms with Gasteiger partial charge in [0.05, 0.1) is 6.61 Å². The summed E-state index contributed by atoms with van der Waals surface area (Å²) >= 11 is 0. The van der Waals surface area contributed by atoms with E-state index in [0.29, 0.717) is 12.6 Å². The van der Waals surface area contributed by atoms with Gasteiger partial charge in [-0.15, -0.1) is 0 Å². The first-order chi connectivity index (χ1) is 14.1. The molecule has 29 heavy (non-hydrogen) atoms. The minimum Gasteiger partial charge on any atom is -0.368 e. The molecule has 0 N–H and O–H groups in total. The fourth-order valence-corrected chi connectivity index (χ4v) is 4.62. The molecule has 3 aliphatic rings. The number of hydrogen-bond acceptors (Lipinski definition) is 5. The van der Waals surface area contributed by atoms with E-state index in [1.54, 1.807) is 0 Å². The second-order valence-corrected chi connectivity index (χ2v) is 8.64. The van der Waals surface area contributed by atoms with Gasteiger partial charge in [0.2, 0.25) is 0 Å². The first-order valence-corrected chi connectivity index (χ1v) is 10.5. The van der Waals surface area contributed by atoms with E-state index in [0.717, 1.165) is 25.1 Å². The fraction of sp³-hybridized carbons (Fsp3) is 0.500. The van der Waals surface area contributed by atoms with Gasteiger partial charge in [0, 0.05) is 19.1 Å². The highest BCUT2D eigenvalue weighted by Gasteiger charge is 2.58. The van der Waals surface area contributed by atoms with E-state index in [1.165, 1.54) is 5.56 Å². The lowest BCUT2D eigenvalue weighted by Crippen LogP contribution is -2.57. The molecule has 0 aromatic heterocycles. The van der Waals surface area contributed by atoms with Gasteiger partial charge in [0.1, 0.15) is 18.3 Å². The van der Waals surface area contributed by atoms with Crippen molar-refractivity contribution in [3.05, 3.63) is 71.8 Å². The van der Waals surface area contributed by atoms with E-state index in [1.807, 2.05) is 32.0 Å². The van der Waals surface area contributed by atoms with Crippen LogP contribution in [0.1, 0.15) is 31.4 Å². The van der Waals surface area contributed by atoms with Crippen molar-refractivity contribution in [2.24, 2.45) is 0 Å². The summed E-state index contributed by atoms with van der Waals surface area (Å²) in [5.41, 5.74) is 2.48. The molecule has 0 amide bonds. The second kappa shape index (κ2) is 7.82.